The van der Waals surface area contributed by atoms with E-state index in [1.807, 2.05) is 6.92 Å². The summed E-state index contributed by atoms with van der Waals surface area (Å²) in [6.07, 6.45) is 0. The highest BCUT2D eigenvalue weighted by Gasteiger charge is 2.28. The van der Waals surface area contributed by atoms with Crippen molar-refractivity contribution in [1.82, 2.24) is 14.8 Å². The van der Waals surface area contributed by atoms with Crippen molar-refractivity contribution in [2.24, 2.45) is 0 Å². The molecule has 0 spiro atoms. The Morgan fingerprint density at radius 3 is 2.40 bits per heavy atom. The van der Waals surface area contributed by atoms with Gasteiger partial charge < -0.3 is 9.80 Å². The summed E-state index contributed by atoms with van der Waals surface area (Å²) in [5, 5.41) is -1.56. The molecule has 4 radical (unpaired) electrons. The predicted octanol–water partition coefficient (Wildman–Crippen LogP) is 0.0991. The Morgan fingerprint density at radius 2 is 1.90 bits per heavy atom. The van der Waals surface area contributed by atoms with E-state index in [1.54, 1.807) is 25.2 Å². The molecule has 20 heavy (non-hydrogen) atoms. The smallest absolute Gasteiger partial charge is 0.272 e. The van der Waals surface area contributed by atoms with Crippen LogP contribution in [-0.4, -0.2) is 62.9 Å². The molecule has 0 aliphatic carbocycles. The second-order valence-electron chi connectivity index (χ2n) is 4.63. The Bertz CT molecular complexity index is 520. The molecule has 102 valence electrons. The standard InChI is InChI=1S/C13H17B2N3O2/c1-5-17(3)12(20)10-7-6-8-11(16-10)13(14,15)18(4)9(2)19/h6-8H,5H2,1-4H3. The average Bonchev–Trinajstić information content (AvgIpc) is 2.44. The summed E-state index contributed by atoms with van der Waals surface area (Å²) in [6.45, 7) is 3.78. The number of hydrogen-bond acceptors (Lipinski definition) is 3. The monoisotopic (exact) mass is 269 g/mol. The van der Waals surface area contributed by atoms with Crippen LogP contribution >= 0.6 is 0 Å². The molecule has 0 aliphatic rings. The molecule has 0 saturated carbocycles. The quantitative estimate of drug-likeness (QED) is 0.728. The van der Waals surface area contributed by atoms with E-state index in [0.717, 1.165) is 0 Å². The summed E-state index contributed by atoms with van der Waals surface area (Å²) < 4.78 is 0. The fraction of sp³-hybridized carbons (Fsp3) is 0.462. The summed E-state index contributed by atoms with van der Waals surface area (Å²) in [5.41, 5.74) is 0.495. The number of carbonyl (C=O) groups excluding carboxylic acids is 2. The van der Waals surface area contributed by atoms with Gasteiger partial charge in [-0.3, -0.25) is 9.59 Å². The van der Waals surface area contributed by atoms with Crippen LogP contribution in [0.15, 0.2) is 18.2 Å². The van der Waals surface area contributed by atoms with E-state index in [-0.39, 0.29) is 23.2 Å². The van der Waals surface area contributed by atoms with Gasteiger partial charge in [0.05, 0.1) is 15.7 Å². The number of aromatic nitrogens is 1. The van der Waals surface area contributed by atoms with Crippen molar-refractivity contribution in [1.29, 1.82) is 0 Å². The van der Waals surface area contributed by atoms with Gasteiger partial charge in [-0.1, -0.05) is 6.07 Å². The van der Waals surface area contributed by atoms with E-state index in [2.05, 4.69) is 4.98 Å². The molecule has 1 aromatic heterocycles. The van der Waals surface area contributed by atoms with Crippen LogP contribution < -0.4 is 0 Å². The van der Waals surface area contributed by atoms with Gasteiger partial charge in [0.15, 0.2) is 0 Å². The highest BCUT2D eigenvalue weighted by atomic mass is 16.2. The molecule has 1 heterocycles. The molecule has 0 bridgehead atoms. The Balaban J connectivity index is 3.16. The van der Waals surface area contributed by atoms with Gasteiger partial charge in [0.2, 0.25) is 5.91 Å². The lowest BCUT2D eigenvalue weighted by Crippen LogP contribution is -2.48. The maximum atomic E-state index is 12.1. The Labute approximate surface area is 122 Å². The minimum absolute atomic E-state index is 0.226. The normalized spacial score (nSPS) is 11.0. The molecule has 1 rings (SSSR count). The van der Waals surface area contributed by atoms with E-state index in [4.69, 9.17) is 15.7 Å². The van der Waals surface area contributed by atoms with Crippen molar-refractivity contribution in [2.45, 2.75) is 19.2 Å². The Kier molecular flexibility index (Phi) is 4.98. The topological polar surface area (TPSA) is 53.5 Å². The second kappa shape index (κ2) is 6.11. The molecule has 0 atom stereocenters. The predicted molar refractivity (Wildman–Crippen MR) is 78.5 cm³/mol. The summed E-state index contributed by atoms with van der Waals surface area (Å²) in [6, 6.07) is 4.81. The van der Waals surface area contributed by atoms with E-state index < -0.39 is 5.34 Å². The molecule has 0 aliphatic heterocycles. The lowest BCUT2D eigenvalue weighted by molar-refractivity contribution is -0.129. The first-order chi connectivity index (χ1) is 9.21. The largest absolute Gasteiger partial charge is 0.352 e. The molecule has 0 unspecified atom stereocenters. The van der Waals surface area contributed by atoms with Crippen molar-refractivity contribution in [2.75, 3.05) is 20.6 Å². The van der Waals surface area contributed by atoms with Crippen molar-refractivity contribution in [3.05, 3.63) is 29.6 Å². The molecule has 0 saturated heterocycles. The van der Waals surface area contributed by atoms with Crippen molar-refractivity contribution < 1.29 is 9.59 Å². The summed E-state index contributed by atoms with van der Waals surface area (Å²) >= 11 is 0. The average molecular weight is 269 g/mol. The number of carbonyl (C=O) groups is 2. The van der Waals surface area contributed by atoms with Gasteiger partial charge >= 0.3 is 0 Å². The van der Waals surface area contributed by atoms with Crippen LogP contribution in [0.2, 0.25) is 0 Å². The number of nitrogens with zero attached hydrogens (tertiary/aromatic N) is 3. The number of amides is 2. The van der Waals surface area contributed by atoms with Gasteiger partial charge in [0.25, 0.3) is 5.91 Å². The highest BCUT2D eigenvalue weighted by molar-refractivity contribution is 6.40. The van der Waals surface area contributed by atoms with Gasteiger partial charge in [0, 0.05) is 38.6 Å². The van der Waals surface area contributed by atoms with Crippen molar-refractivity contribution in [3.8, 4) is 0 Å². The third kappa shape index (κ3) is 3.21. The van der Waals surface area contributed by atoms with Crippen LogP contribution in [0, 0.1) is 0 Å². The summed E-state index contributed by atoms with van der Waals surface area (Å²) in [4.78, 5) is 30.3. The molecule has 0 N–H and O–H groups in total. The van der Waals surface area contributed by atoms with Crippen molar-refractivity contribution in [3.63, 3.8) is 0 Å². The molecule has 0 aromatic carbocycles. The van der Waals surface area contributed by atoms with Crippen LogP contribution in [0.1, 0.15) is 30.0 Å². The minimum Gasteiger partial charge on any atom is -0.352 e. The maximum absolute atomic E-state index is 12.1. The van der Waals surface area contributed by atoms with Gasteiger partial charge in [-0.2, -0.15) is 0 Å². The lowest BCUT2D eigenvalue weighted by Gasteiger charge is -2.36. The third-order valence-corrected chi connectivity index (χ3v) is 3.23. The molecule has 7 heteroatoms. The first kappa shape index (κ1) is 16.3. The number of pyridine rings is 1. The van der Waals surface area contributed by atoms with Crippen LogP contribution in [-0.2, 0) is 10.1 Å². The molecule has 5 nitrogen and oxygen atoms in total. The zero-order valence-electron chi connectivity index (χ0n) is 12.3. The summed E-state index contributed by atoms with van der Waals surface area (Å²) in [7, 11) is 15.1. The number of rotatable bonds is 4. The highest BCUT2D eigenvalue weighted by Crippen LogP contribution is 2.19. The van der Waals surface area contributed by atoms with Gasteiger partial charge in [-0.15, -0.1) is 0 Å². The first-order valence-corrected chi connectivity index (χ1v) is 6.27. The maximum Gasteiger partial charge on any atom is 0.272 e. The van der Waals surface area contributed by atoms with Crippen LogP contribution in [0.3, 0.4) is 0 Å². The molecule has 0 fully saturated rings. The van der Waals surface area contributed by atoms with Gasteiger partial charge in [0.1, 0.15) is 5.69 Å². The van der Waals surface area contributed by atoms with Gasteiger partial charge in [-0.05, 0) is 19.1 Å². The van der Waals surface area contributed by atoms with E-state index in [0.29, 0.717) is 6.54 Å². The fourth-order valence-corrected chi connectivity index (χ4v) is 1.55. The minimum atomic E-state index is -1.56. The van der Waals surface area contributed by atoms with E-state index >= 15 is 0 Å². The van der Waals surface area contributed by atoms with Crippen LogP contribution in [0.4, 0.5) is 0 Å². The lowest BCUT2D eigenvalue weighted by atomic mass is 9.58. The third-order valence-electron chi connectivity index (χ3n) is 3.23. The molecular formula is C13H17B2N3O2. The molecule has 2 amide bonds. The first-order valence-electron chi connectivity index (χ1n) is 6.27. The fourth-order valence-electron chi connectivity index (χ4n) is 1.55. The SMILES string of the molecule is [B]C([B])(c1cccc(C(=O)N(C)CC)n1)N(C)C(C)=O. The second-order valence-corrected chi connectivity index (χ2v) is 4.63. The van der Waals surface area contributed by atoms with E-state index in [1.165, 1.54) is 23.8 Å². The summed E-state index contributed by atoms with van der Waals surface area (Å²) in [5.74, 6) is -0.519. The Hall–Kier alpha value is -1.78. The number of hydrogen-bond donors (Lipinski definition) is 0. The van der Waals surface area contributed by atoms with Crippen LogP contribution in [0.25, 0.3) is 0 Å². The van der Waals surface area contributed by atoms with Gasteiger partial charge in [-0.25, -0.2) is 4.98 Å². The van der Waals surface area contributed by atoms with Crippen LogP contribution in [0.5, 0.6) is 0 Å². The zero-order chi connectivity index (χ0) is 15.5. The Morgan fingerprint density at radius 1 is 1.30 bits per heavy atom. The molecular weight excluding hydrogens is 252 g/mol. The van der Waals surface area contributed by atoms with E-state index in [9.17, 15) is 9.59 Å². The molecule has 1 aromatic rings. The van der Waals surface area contributed by atoms with Crippen molar-refractivity contribution >= 4 is 27.5 Å². The zero-order valence-corrected chi connectivity index (χ0v) is 12.3.